The first-order chi connectivity index (χ1) is 10.7. The lowest BCUT2D eigenvalue weighted by Crippen LogP contribution is -2.21. The van der Waals surface area contributed by atoms with Gasteiger partial charge in [0.05, 0.1) is 18.8 Å². The van der Waals surface area contributed by atoms with E-state index in [0.717, 1.165) is 44.6 Å². The Morgan fingerprint density at radius 1 is 1.18 bits per heavy atom. The first-order valence-electron chi connectivity index (χ1n) is 7.79. The van der Waals surface area contributed by atoms with E-state index in [1.54, 1.807) is 6.07 Å². The normalized spacial score (nSPS) is 21.9. The van der Waals surface area contributed by atoms with Gasteiger partial charge >= 0.3 is 0 Å². The molecular formula is C18H21F2NO. The van der Waals surface area contributed by atoms with Crippen molar-refractivity contribution in [2.75, 3.05) is 0 Å². The van der Waals surface area contributed by atoms with E-state index in [9.17, 15) is 8.78 Å². The monoisotopic (exact) mass is 305 g/mol. The maximum atomic E-state index is 13.1. The van der Waals surface area contributed by atoms with E-state index in [1.807, 2.05) is 12.1 Å². The Labute approximate surface area is 130 Å². The van der Waals surface area contributed by atoms with E-state index in [4.69, 9.17) is 10.00 Å². The molecule has 0 atom stereocenters. The van der Waals surface area contributed by atoms with Crippen LogP contribution in [0.4, 0.5) is 8.78 Å². The van der Waals surface area contributed by atoms with Crippen molar-refractivity contribution >= 4 is 0 Å². The lowest BCUT2D eigenvalue weighted by atomic mass is 9.84. The van der Waals surface area contributed by atoms with Crippen LogP contribution in [0, 0.1) is 28.9 Å². The molecule has 0 spiro atoms. The van der Waals surface area contributed by atoms with Crippen LogP contribution in [0.1, 0.15) is 44.1 Å². The smallest absolute Gasteiger partial charge is 0.159 e. The van der Waals surface area contributed by atoms with Crippen LogP contribution in [0.25, 0.3) is 0 Å². The highest BCUT2D eigenvalue weighted by atomic mass is 19.2. The van der Waals surface area contributed by atoms with Crippen LogP contribution in [0.3, 0.4) is 0 Å². The molecule has 0 aliphatic heterocycles. The van der Waals surface area contributed by atoms with Gasteiger partial charge in [0.2, 0.25) is 0 Å². The highest BCUT2D eigenvalue weighted by Gasteiger charge is 2.21. The fourth-order valence-electron chi connectivity index (χ4n) is 2.90. The predicted octanol–water partition coefficient (Wildman–Crippen LogP) is 4.90. The molecule has 1 saturated carbocycles. The molecule has 118 valence electrons. The minimum Gasteiger partial charge on any atom is -0.374 e. The van der Waals surface area contributed by atoms with Crippen LogP contribution in [-0.2, 0) is 11.3 Å². The fourth-order valence-corrected chi connectivity index (χ4v) is 2.90. The van der Waals surface area contributed by atoms with Gasteiger partial charge in [-0.2, -0.15) is 5.26 Å². The molecule has 0 aromatic heterocycles. The predicted molar refractivity (Wildman–Crippen MR) is 80.9 cm³/mol. The third kappa shape index (κ3) is 5.23. The zero-order valence-electron chi connectivity index (χ0n) is 12.6. The van der Waals surface area contributed by atoms with Crippen LogP contribution >= 0.6 is 0 Å². The Hall–Kier alpha value is -1.73. The van der Waals surface area contributed by atoms with E-state index >= 15 is 0 Å². The summed E-state index contributed by atoms with van der Waals surface area (Å²) >= 11 is 0. The minimum atomic E-state index is -0.824. The number of hydrogen-bond acceptors (Lipinski definition) is 2. The van der Waals surface area contributed by atoms with Gasteiger partial charge in [0.1, 0.15) is 0 Å². The molecule has 0 N–H and O–H groups in total. The van der Waals surface area contributed by atoms with Crippen molar-refractivity contribution in [2.24, 2.45) is 5.92 Å². The molecule has 0 radical (unpaired) electrons. The molecule has 1 aliphatic rings. The first-order valence-corrected chi connectivity index (χ1v) is 7.79. The van der Waals surface area contributed by atoms with Gasteiger partial charge in [-0.05, 0) is 62.1 Å². The highest BCUT2D eigenvalue weighted by molar-refractivity contribution is 5.16. The van der Waals surface area contributed by atoms with Gasteiger partial charge in [-0.1, -0.05) is 12.1 Å². The van der Waals surface area contributed by atoms with Crippen LogP contribution in [0.15, 0.2) is 30.4 Å². The Morgan fingerprint density at radius 3 is 2.64 bits per heavy atom. The first kappa shape index (κ1) is 16.6. The number of ether oxygens (including phenoxy) is 1. The molecule has 0 heterocycles. The molecule has 0 saturated heterocycles. The van der Waals surface area contributed by atoms with Gasteiger partial charge in [-0.25, -0.2) is 8.78 Å². The molecule has 1 aromatic carbocycles. The number of halogens is 2. The standard InChI is InChI=1S/C18H21F2NO/c19-17-10-7-15(12-18(17)20)13-22-16-8-5-14(6-9-16)4-2-1-3-11-21/h1,3,7,10,12,14,16H,2,4-6,8-9,13H2/b3-1+. The van der Waals surface area contributed by atoms with Crippen molar-refractivity contribution in [2.45, 2.75) is 51.2 Å². The van der Waals surface area contributed by atoms with Crippen molar-refractivity contribution in [3.05, 3.63) is 47.5 Å². The van der Waals surface area contributed by atoms with Gasteiger partial charge in [0.15, 0.2) is 11.6 Å². The van der Waals surface area contributed by atoms with Gasteiger partial charge in [-0.15, -0.1) is 0 Å². The van der Waals surface area contributed by atoms with E-state index in [0.29, 0.717) is 18.1 Å². The summed E-state index contributed by atoms with van der Waals surface area (Å²) < 4.78 is 31.8. The lowest BCUT2D eigenvalue weighted by Gasteiger charge is -2.28. The van der Waals surface area contributed by atoms with Crippen LogP contribution in [-0.4, -0.2) is 6.10 Å². The van der Waals surface area contributed by atoms with Crippen molar-refractivity contribution < 1.29 is 13.5 Å². The second kappa shape index (κ2) is 8.65. The molecule has 0 amide bonds. The summed E-state index contributed by atoms with van der Waals surface area (Å²) in [6.07, 6.45) is 10.0. The summed E-state index contributed by atoms with van der Waals surface area (Å²) in [5, 5.41) is 8.43. The molecule has 2 rings (SSSR count). The molecular weight excluding hydrogens is 284 g/mol. The average molecular weight is 305 g/mol. The van der Waals surface area contributed by atoms with E-state index < -0.39 is 11.6 Å². The number of nitrogens with zero attached hydrogens (tertiary/aromatic N) is 1. The van der Waals surface area contributed by atoms with E-state index in [2.05, 4.69) is 0 Å². The molecule has 22 heavy (non-hydrogen) atoms. The lowest BCUT2D eigenvalue weighted by molar-refractivity contribution is 0.00634. The van der Waals surface area contributed by atoms with Crippen LogP contribution < -0.4 is 0 Å². The van der Waals surface area contributed by atoms with Gasteiger partial charge < -0.3 is 4.74 Å². The minimum absolute atomic E-state index is 0.207. The summed E-state index contributed by atoms with van der Waals surface area (Å²) in [6, 6.07) is 5.90. The Bertz CT molecular complexity index is 543. The Kier molecular flexibility index (Phi) is 6.54. The van der Waals surface area contributed by atoms with Crippen molar-refractivity contribution in [3.63, 3.8) is 0 Å². The van der Waals surface area contributed by atoms with Gasteiger partial charge in [0, 0.05) is 6.08 Å². The van der Waals surface area contributed by atoms with Gasteiger partial charge in [-0.3, -0.25) is 0 Å². The summed E-state index contributed by atoms with van der Waals surface area (Å²) in [6.45, 7) is 0.331. The quantitative estimate of drug-likeness (QED) is 0.700. The molecule has 1 aliphatic carbocycles. The molecule has 1 fully saturated rings. The number of benzene rings is 1. The fraction of sp³-hybridized carbons (Fsp3) is 0.500. The maximum absolute atomic E-state index is 13.1. The summed E-state index contributed by atoms with van der Waals surface area (Å²) in [4.78, 5) is 0. The maximum Gasteiger partial charge on any atom is 0.159 e. The van der Waals surface area contributed by atoms with Crippen LogP contribution in [0.2, 0.25) is 0 Å². The van der Waals surface area contributed by atoms with E-state index in [-0.39, 0.29) is 6.10 Å². The Balaban J connectivity index is 1.68. The summed E-state index contributed by atoms with van der Waals surface area (Å²) in [7, 11) is 0. The topological polar surface area (TPSA) is 33.0 Å². The average Bonchev–Trinajstić information content (AvgIpc) is 2.54. The highest BCUT2D eigenvalue weighted by Crippen LogP contribution is 2.30. The molecule has 1 aromatic rings. The molecule has 0 bridgehead atoms. The second-order valence-corrected chi connectivity index (χ2v) is 5.81. The van der Waals surface area contributed by atoms with Crippen molar-refractivity contribution in [1.29, 1.82) is 5.26 Å². The summed E-state index contributed by atoms with van der Waals surface area (Å²) in [5.74, 6) is -0.948. The van der Waals surface area contributed by atoms with E-state index in [1.165, 1.54) is 12.1 Å². The Morgan fingerprint density at radius 2 is 1.95 bits per heavy atom. The molecule has 2 nitrogen and oxygen atoms in total. The summed E-state index contributed by atoms with van der Waals surface area (Å²) in [5.41, 5.74) is 0.669. The van der Waals surface area contributed by atoms with Crippen LogP contribution in [0.5, 0.6) is 0 Å². The zero-order chi connectivity index (χ0) is 15.8. The van der Waals surface area contributed by atoms with Crippen molar-refractivity contribution in [3.8, 4) is 6.07 Å². The largest absolute Gasteiger partial charge is 0.374 e. The number of allylic oxidation sites excluding steroid dienone is 2. The molecule has 4 heteroatoms. The third-order valence-electron chi connectivity index (χ3n) is 4.20. The second-order valence-electron chi connectivity index (χ2n) is 5.81. The zero-order valence-corrected chi connectivity index (χ0v) is 12.6. The van der Waals surface area contributed by atoms with Crippen molar-refractivity contribution in [1.82, 2.24) is 0 Å². The SMILES string of the molecule is N#C/C=C/CCC1CCC(OCc2ccc(F)c(F)c2)CC1. The molecule has 0 unspecified atom stereocenters. The number of hydrogen-bond donors (Lipinski definition) is 0. The van der Waals surface area contributed by atoms with Gasteiger partial charge in [0.25, 0.3) is 0 Å². The third-order valence-corrected chi connectivity index (χ3v) is 4.20. The number of nitriles is 1. The number of rotatable bonds is 6.